The molecule has 0 aliphatic rings. The van der Waals surface area contributed by atoms with E-state index < -0.39 is 30.9 Å². The molecule has 0 amide bonds. The second kappa shape index (κ2) is 16.5. The van der Waals surface area contributed by atoms with Crippen LogP contribution in [0.25, 0.3) is 0 Å². The zero-order chi connectivity index (χ0) is 27.1. The number of rotatable bonds is 6. The van der Waals surface area contributed by atoms with Crippen LogP contribution < -0.4 is 0 Å². The van der Waals surface area contributed by atoms with Crippen molar-refractivity contribution >= 4 is 48.0 Å². The Balaban J connectivity index is 0.000000518. The predicted octanol–water partition coefficient (Wildman–Crippen LogP) is 3.69. The molecular weight excluding hydrogens is 592 g/mol. The molecule has 0 aliphatic heterocycles. The number of hydrogen-bond acceptors (Lipinski definition) is 12. The van der Waals surface area contributed by atoms with Crippen molar-refractivity contribution < 1.29 is 56.3 Å². The largest absolute Gasteiger partial charge is 3.00 e. The van der Waals surface area contributed by atoms with E-state index in [9.17, 15) is 38.9 Å². The second-order valence-electron chi connectivity index (χ2n) is 5.83. The topological polar surface area (TPSA) is 246 Å². The fraction of sp³-hybridized carbons (Fsp3) is 0. The normalized spacial score (nSPS) is 11.8. The molecule has 1 radical (unpaired) electrons. The van der Waals surface area contributed by atoms with Gasteiger partial charge in [-0.25, -0.2) is 25.3 Å². The third-order valence-corrected chi connectivity index (χ3v) is 3.88. The molecule has 0 fully saturated rings. The van der Waals surface area contributed by atoms with E-state index in [0.29, 0.717) is 17.1 Å². The van der Waals surface area contributed by atoms with Crippen molar-refractivity contribution in [2.45, 2.75) is 0 Å². The van der Waals surface area contributed by atoms with Gasteiger partial charge in [-0.3, -0.25) is 0 Å². The zero-order valence-electron chi connectivity index (χ0n) is 18.2. The molecule has 0 bridgehead atoms. The van der Waals surface area contributed by atoms with Crippen LogP contribution in [0.5, 0.6) is 0 Å². The molecule has 0 saturated heterocycles. The summed E-state index contributed by atoms with van der Waals surface area (Å²) < 4.78 is 97.6. The predicted molar refractivity (Wildman–Crippen MR) is 122 cm³/mol. The van der Waals surface area contributed by atoms with E-state index in [1.807, 2.05) is 0 Å². The summed E-state index contributed by atoms with van der Waals surface area (Å²) in [7, 11) is -13.8. The van der Waals surface area contributed by atoms with Gasteiger partial charge in [-0.05, 0) is 36.4 Å². The average Bonchev–Trinajstić information content (AvgIpc) is 2.82. The first-order chi connectivity index (χ1) is 16.7. The summed E-state index contributed by atoms with van der Waals surface area (Å²) in [5, 5.41) is 9.61. The van der Waals surface area contributed by atoms with Crippen LogP contribution >= 0.6 is 0 Å². The third-order valence-electron chi connectivity index (χ3n) is 3.04. The molecule has 0 N–H and O–H groups in total. The summed E-state index contributed by atoms with van der Waals surface area (Å²) in [6, 6.07) is 24.4. The van der Waals surface area contributed by atoms with Gasteiger partial charge in [-0.2, -0.15) is 0 Å². The van der Waals surface area contributed by atoms with E-state index in [1.165, 1.54) is 36.4 Å². The minimum Gasteiger partial charge on any atom is -0.728 e. The smallest absolute Gasteiger partial charge is 0.728 e. The van der Waals surface area contributed by atoms with Crippen molar-refractivity contribution in [3.63, 3.8) is 0 Å². The Hall–Kier alpha value is -3.28. The third kappa shape index (κ3) is 20.6. The number of benzene rings is 3. The van der Waals surface area contributed by atoms with Crippen molar-refractivity contribution in [3.05, 3.63) is 91.0 Å². The minimum atomic E-state index is -4.61. The van der Waals surface area contributed by atoms with Gasteiger partial charge in [0.25, 0.3) is 0 Å². The van der Waals surface area contributed by atoms with Crippen LogP contribution in [-0.2, 0) is 48.3 Å². The van der Waals surface area contributed by atoms with Crippen LogP contribution in [0.15, 0.2) is 120 Å². The van der Waals surface area contributed by atoms with Gasteiger partial charge >= 0.3 is 17.4 Å². The van der Waals surface area contributed by atoms with Crippen LogP contribution in [-0.4, -0.2) is 38.9 Å². The van der Waals surface area contributed by atoms with Crippen molar-refractivity contribution in [3.8, 4) is 0 Å². The minimum absolute atomic E-state index is 0. The molecule has 3 aromatic rings. The molecule has 0 heterocycles. The zero-order valence-corrected chi connectivity index (χ0v) is 21.9. The molecule has 19 heteroatoms. The molecule has 0 atom stereocenters. The SMILES string of the molecule is O=S(=O)([O-])N=Nc1ccccc1.O=S(=O)([O-])N=Nc1ccccc1.O=S(=O)([O-])N=Nc1ccccc1.[Cr+3]. The van der Waals surface area contributed by atoms with Crippen LogP contribution in [0.4, 0.5) is 17.1 Å². The van der Waals surface area contributed by atoms with Crippen molar-refractivity contribution in [1.29, 1.82) is 0 Å². The Morgan fingerprint density at radius 2 is 0.595 bits per heavy atom. The van der Waals surface area contributed by atoms with Gasteiger partial charge in [0.1, 0.15) is 0 Å². The Morgan fingerprint density at radius 3 is 0.757 bits per heavy atom. The van der Waals surface area contributed by atoms with Gasteiger partial charge in [0.2, 0.25) is 30.9 Å². The molecule has 3 rings (SSSR count). The molecule has 37 heavy (non-hydrogen) atoms. The molecule has 0 unspecified atom stereocenters. The summed E-state index contributed by atoms with van der Waals surface area (Å²) in [6.45, 7) is 0. The first-order valence-electron chi connectivity index (χ1n) is 9.05. The van der Waals surface area contributed by atoms with Crippen molar-refractivity contribution in [2.75, 3.05) is 0 Å². The molecule has 0 aliphatic carbocycles. The molecule has 0 saturated carbocycles. The molecule has 15 nitrogen and oxygen atoms in total. The van der Waals surface area contributed by atoms with Gasteiger partial charge in [-0.1, -0.05) is 68.2 Å². The summed E-state index contributed by atoms with van der Waals surface area (Å²) in [4.78, 5) is 0. The summed E-state index contributed by atoms with van der Waals surface area (Å²) in [5.74, 6) is 0. The van der Waals surface area contributed by atoms with Gasteiger partial charge in [-0.15, -0.1) is 15.3 Å². The second-order valence-corrected chi connectivity index (χ2v) is 8.89. The Bertz CT molecular complexity index is 1300. The van der Waals surface area contributed by atoms with Gasteiger partial charge in [0, 0.05) is 0 Å². The fourth-order valence-corrected chi connectivity index (χ4v) is 2.36. The average molecular weight is 608 g/mol. The van der Waals surface area contributed by atoms with E-state index in [1.54, 1.807) is 54.6 Å². The van der Waals surface area contributed by atoms with E-state index >= 15 is 0 Å². The van der Waals surface area contributed by atoms with Crippen LogP contribution in [0.3, 0.4) is 0 Å². The van der Waals surface area contributed by atoms with E-state index in [4.69, 9.17) is 0 Å². The first kappa shape index (κ1) is 33.7. The fourth-order valence-electron chi connectivity index (χ4n) is 1.78. The van der Waals surface area contributed by atoms with Gasteiger partial charge < -0.3 is 13.7 Å². The maximum absolute atomic E-state index is 9.99. The molecule has 3 aromatic carbocycles. The molecule has 195 valence electrons. The molecule has 0 aromatic heterocycles. The first-order valence-corrected chi connectivity index (χ1v) is 13.1. The van der Waals surface area contributed by atoms with Crippen molar-refractivity contribution in [2.24, 2.45) is 28.9 Å². The van der Waals surface area contributed by atoms with Crippen LogP contribution in [0, 0.1) is 0 Å². The Labute approximate surface area is 223 Å². The quantitative estimate of drug-likeness (QED) is 0.292. The maximum Gasteiger partial charge on any atom is 3.00 e. The number of hydrogen-bond donors (Lipinski definition) is 0. The summed E-state index contributed by atoms with van der Waals surface area (Å²) in [5.41, 5.74) is 0.991. The molecule has 0 spiro atoms. The number of nitrogens with zero attached hydrogens (tertiary/aromatic N) is 6. The van der Waals surface area contributed by atoms with Gasteiger partial charge in [0.15, 0.2) is 0 Å². The Kier molecular flexibility index (Phi) is 15.0. The van der Waals surface area contributed by atoms with E-state index in [-0.39, 0.29) is 17.4 Å². The van der Waals surface area contributed by atoms with Gasteiger partial charge in [0.05, 0.1) is 17.1 Å². The van der Waals surface area contributed by atoms with Crippen LogP contribution in [0.1, 0.15) is 0 Å². The van der Waals surface area contributed by atoms with E-state index in [2.05, 4.69) is 28.9 Å². The summed E-state index contributed by atoms with van der Waals surface area (Å²) in [6.07, 6.45) is 0. The van der Waals surface area contributed by atoms with E-state index in [0.717, 1.165) is 0 Å². The summed E-state index contributed by atoms with van der Waals surface area (Å²) >= 11 is 0. The Morgan fingerprint density at radius 1 is 0.405 bits per heavy atom. The monoisotopic (exact) mass is 607 g/mol. The standard InChI is InChI=1S/3C6H6N2O3S.Cr/c3*9-12(10,11)8-7-6-4-2-1-3-5-6;/h3*1-5H,(H,9,10,11);/q;;;+3/p-3. The maximum atomic E-state index is 9.99. The molecular formula is C18H15CrN6O9S3. The van der Waals surface area contributed by atoms with Crippen molar-refractivity contribution in [1.82, 2.24) is 0 Å². The van der Waals surface area contributed by atoms with Crippen LogP contribution in [0.2, 0.25) is 0 Å².